The molecular weight excluding hydrogens is 350 g/mol. The summed E-state index contributed by atoms with van der Waals surface area (Å²) in [6.07, 6.45) is 7.68. The molecular formula is C22H43N5O. The monoisotopic (exact) mass is 393 g/mol. The van der Waals surface area contributed by atoms with Gasteiger partial charge in [0.15, 0.2) is 5.96 Å². The Balaban J connectivity index is 1.71. The largest absolute Gasteiger partial charge is 0.357 e. The van der Waals surface area contributed by atoms with E-state index in [1.54, 1.807) is 0 Å². The molecule has 6 heteroatoms. The minimum Gasteiger partial charge on any atom is -0.357 e. The molecule has 1 unspecified atom stereocenters. The Morgan fingerprint density at radius 1 is 1.18 bits per heavy atom. The maximum Gasteiger partial charge on any atom is 0.222 e. The lowest BCUT2D eigenvalue weighted by Crippen LogP contribution is -2.41. The number of carbonyl (C=O) groups excluding carboxylic acids is 1. The predicted molar refractivity (Wildman–Crippen MR) is 118 cm³/mol. The average molecular weight is 394 g/mol. The molecule has 0 saturated carbocycles. The first-order valence-corrected chi connectivity index (χ1v) is 11.6. The first-order chi connectivity index (χ1) is 13.6. The summed E-state index contributed by atoms with van der Waals surface area (Å²) in [6.45, 7) is 14.8. The van der Waals surface area contributed by atoms with Gasteiger partial charge in [0.2, 0.25) is 5.91 Å². The number of hydrogen-bond donors (Lipinski definition) is 2. The van der Waals surface area contributed by atoms with Crippen molar-refractivity contribution in [3.05, 3.63) is 0 Å². The van der Waals surface area contributed by atoms with Crippen LogP contribution in [0.5, 0.6) is 0 Å². The van der Waals surface area contributed by atoms with Crippen molar-refractivity contribution in [3.63, 3.8) is 0 Å². The average Bonchev–Trinajstić information content (AvgIpc) is 2.87. The van der Waals surface area contributed by atoms with Gasteiger partial charge in [0.05, 0.1) is 0 Å². The number of hydrogen-bond acceptors (Lipinski definition) is 3. The van der Waals surface area contributed by atoms with Gasteiger partial charge >= 0.3 is 0 Å². The van der Waals surface area contributed by atoms with Crippen LogP contribution < -0.4 is 10.6 Å². The van der Waals surface area contributed by atoms with Crippen LogP contribution in [0, 0.1) is 11.8 Å². The highest BCUT2D eigenvalue weighted by Crippen LogP contribution is 2.17. The standard InChI is InChI=1S/C22H43N5O/c1-4-23-22(24-12-9-15-27-14-7-5-6-11-21(27)28)25-16-20-10-8-13-26(18-20)17-19(2)3/h19-20H,4-18H2,1-3H3,(H2,23,24,25). The van der Waals surface area contributed by atoms with Crippen LogP contribution in [0.2, 0.25) is 0 Å². The molecule has 2 rings (SSSR count). The van der Waals surface area contributed by atoms with E-state index in [0.29, 0.717) is 11.8 Å². The minimum absolute atomic E-state index is 0.335. The zero-order chi connectivity index (χ0) is 20.2. The molecule has 1 atom stereocenters. The second kappa shape index (κ2) is 13.0. The third-order valence-electron chi connectivity index (χ3n) is 5.65. The topological polar surface area (TPSA) is 60.0 Å². The van der Waals surface area contributed by atoms with Crippen LogP contribution >= 0.6 is 0 Å². The smallest absolute Gasteiger partial charge is 0.222 e. The molecule has 0 aromatic rings. The highest BCUT2D eigenvalue weighted by atomic mass is 16.2. The molecule has 2 N–H and O–H groups in total. The van der Waals surface area contributed by atoms with Crippen molar-refractivity contribution in [3.8, 4) is 0 Å². The van der Waals surface area contributed by atoms with Crippen molar-refractivity contribution in [1.82, 2.24) is 20.4 Å². The fourth-order valence-corrected chi connectivity index (χ4v) is 4.30. The number of amides is 1. The van der Waals surface area contributed by atoms with E-state index in [1.807, 2.05) is 4.90 Å². The summed E-state index contributed by atoms with van der Waals surface area (Å²) >= 11 is 0. The number of nitrogens with zero attached hydrogens (tertiary/aromatic N) is 3. The molecule has 0 spiro atoms. The van der Waals surface area contributed by atoms with Gasteiger partial charge in [0.1, 0.15) is 0 Å². The number of piperidine rings is 1. The zero-order valence-electron chi connectivity index (χ0n) is 18.5. The predicted octanol–water partition coefficient (Wildman–Crippen LogP) is 2.70. The molecule has 2 fully saturated rings. The van der Waals surface area contributed by atoms with Gasteiger partial charge in [-0.3, -0.25) is 9.79 Å². The lowest BCUT2D eigenvalue weighted by Gasteiger charge is -2.33. The minimum atomic E-state index is 0.335. The van der Waals surface area contributed by atoms with Crippen molar-refractivity contribution in [2.45, 2.75) is 65.7 Å². The second-order valence-electron chi connectivity index (χ2n) is 8.85. The molecule has 0 radical (unpaired) electrons. The second-order valence-corrected chi connectivity index (χ2v) is 8.85. The number of aliphatic imine (C=N–C) groups is 1. The highest BCUT2D eigenvalue weighted by molar-refractivity contribution is 5.79. The number of nitrogens with one attached hydrogen (secondary N) is 2. The van der Waals surface area contributed by atoms with Crippen LogP contribution in [0.4, 0.5) is 0 Å². The SMILES string of the molecule is CCNC(=NCC1CCCN(CC(C)C)C1)NCCCN1CCCCCC1=O. The van der Waals surface area contributed by atoms with Crippen LogP contribution in [-0.4, -0.2) is 74.0 Å². The number of rotatable bonds is 9. The van der Waals surface area contributed by atoms with Gasteiger partial charge in [-0.2, -0.15) is 0 Å². The van der Waals surface area contributed by atoms with Crippen molar-refractivity contribution in [2.75, 3.05) is 52.4 Å². The molecule has 2 aliphatic heterocycles. The summed E-state index contributed by atoms with van der Waals surface area (Å²) in [5.41, 5.74) is 0. The molecule has 162 valence electrons. The Kier molecular flexibility index (Phi) is 10.7. The normalized spacial score (nSPS) is 22.4. The molecule has 2 heterocycles. The molecule has 28 heavy (non-hydrogen) atoms. The van der Waals surface area contributed by atoms with Gasteiger partial charge in [-0.25, -0.2) is 0 Å². The van der Waals surface area contributed by atoms with Gasteiger partial charge in [0, 0.05) is 52.2 Å². The fraction of sp³-hybridized carbons (Fsp3) is 0.909. The summed E-state index contributed by atoms with van der Waals surface area (Å²) in [7, 11) is 0. The number of carbonyl (C=O) groups is 1. The first-order valence-electron chi connectivity index (χ1n) is 11.6. The van der Waals surface area contributed by atoms with E-state index in [1.165, 1.54) is 38.9 Å². The van der Waals surface area contributed by atoms with E-state index < -0.39 is 0 Å². The molecule has 0 aliphatic carbocycles. The van der Waals surface area contributed by atoms with E-state index in [-0.39, 0.29) is 0 Å². The molecule has 1 amide bonds. The van der Waals surface area contributed by atoms with E-state index >= 15 is 0 Å². The molecule has 0 aromatic heterocycles. The van der Waals surface area contributed by atoms with Crippen molar-refractivity contribution in [1.29, 1.82) is 0 Å². The molecule has 0 aromatic carbocycles. The van der Waals surface area contributed by atoms with Gasteiger partial charge < -0.3 is 20.4 Å². The van der Waals surface area contributed by atoms with Gasteiger partial charge in [0.25, 0.3) is 0 Å². The molecule has 0 bridgehead atoms. The highest BCUT2D eigenvalue weighted by Gasteiger charge is 2.20. The Morgan fingerprint density at radius 2 is 2.04 bits per heavy atom. The van der Waals surface area contributed by atoms with Crippen molar-refractivity contribution < 1.29 is 4.79 Å². The Labute approximate surface area is 172 Å². The summed E-state index contributed by atoms with van der Waals surface area (Å²) in [5, 5.41) is 6.83. The zero-order valence-corrected chi connectivity index (χ0v) is 18.5. The Bertz CT molecular complexity index is 480. The number of likely N-dealkylation sites (tertiary alicyclic amines) is 2. The molecule has 2 saturated heterocycles. The van der Waals surface area contributed by atoms with Crippen LogP contribution in [0.3, 0.4) is 0 Å². The van der Waals surface area contributed by atoms with Crippen molar-refractivity contribution >= 4 is 11.9 Å². The summed E-state index contributed by atoms with van der Waals surface area (Å²) in [6, 6.07) is 0. The Hall–Kier alpha value is -1.30. The van der Waals surface area contributed by atoms with E-state index in [9.17, 15) is 4.79 Å². The van der Waals surface area contributed by atoms with Crippen LogP contribution in [0.25, 0.3) is 0 Å². The third-order valence-corrected chi connectivity index (χ3v) is 5.65. The summed E-state index contributed by atoms with van der Waals surface area (Å²) < 4.78 is 0. The maximum absolute atomic E-state index is 12.1. The van der Waals surface area contributed by atoms with Crippen molar-refractivity contribution in [2.24, 2.45) is 16.8 Å². The first kappa shape index (κ1) is 23.0. The van der Waals surface area contributed by atoms with E-state index in [4.69, 9.17) is 4.99 Å². The molecule has 6 nitrogen and oxygen atoms in total. The molecule has 2 aliphatic rings. The van der Waals surface area contributed by atoms with Gasteiger partial charge in [-0.15, -0.1) is 0 Å². The number of guanidine groups is 1. The Morgan fingerprint density at radius 3 is 2.82 bits per heavy atom. The van der Waals surface area contributed by atoms with Gasteiger partial charge in [-0.05, 0) is 57.4 Å². The maximum atomic E-state index is 12.1. The third kappa shape index (κ3) is 8.80. The van der Waals surface area contributed by atoms with Crippen LogP contribution in [-0.2, 0) is 4.79 Å². The van der Waals surface area contributed by atoms with E-state index in [2.05, 4.69) is 36.3 Å². The summed E-state index contributed by atoms with van der Waals surface area (Å²) in [4.78, 5) is 21.6. The van der Waals surface area contributed by atoms with Crippen LogP contribution in [0.1, 0.15) is 65.7 Å². The fourth-order valence-electron chi connectivity index (χ4n) is 4.30. The summed E-state index contributed by atoms with van der Waals surface area (Å²) in [5.74, 6) is 2.65. The lowest BCUT2D eigenvalue weighted by molar-refractivity contribution is -0.130. The van der Waals surface area contributed by atoms with Crippen LogP contribution in [0.15, 0.2) is 4.99 Å². The van der Waals surface area contributed by atoms with E-state index in [0.717, 1.165) is 70.3 Å². The lowest BCUT2D eigenvalue weighted by atomic mass is 9.97. The van der Waals surface area contributed by atoms with Gasteiger partial charge in [-0.1, -0.05) is 20.3 Å². The quantitative estimate of drug-likeness (QED) is 0.359.